The summed E-state index contributed by atoms with van der Waals surface area (Å²) in [6, 6.07) is 0. The van der Waals surface area contributed by atoms with E-state index in [0.717, 1.165) is 5.84 Å². The Morgan fingerprint density at radius 1 is 1.75 bits per heavy atom. The number of hydrazone groups is 1. The van der Waals surface area contributed by atoms with Gasteiger partial charge in [-0.25, -0.2) is 0 Å². The molecule has 0 aromatic carbocycles. The Labute approximate surface area is 49.4 Å². The molecular formula is C5H11N3. The van der Waals surface area contributed by atoms with E-state index in [1.54, 1.807) is 0 Å². The number of nitrogens with zero attached hydrogens (tertiary/aromatic N) is 2. The molecule has 3 heteroatoms. The third kappa shape index (κ3) is 0.638. The molecule has 0 aromatic heterocycles. The molecule has 1 rings (SSSR count). The zero-order valence-electron chi connectivity index (χ0n) is 5.47. The van der Waals surface area contributed by atoms with E-state index in [1.807, 2.05) is 14.0 Å². The van der Waals surface area contributed by atoms with Crippen LogP contribution in [0.3, 0.4) is 0 Å². The molecule has 1 N–H and O–H groups in total. The van der Waals surface area contributed by atoms with Crippen molar-refractivity contribution in [3.8, 4) is 0 Å². The van der Waals surface area contributed by atoms with Crippen LogP contribution in [0, 0.1) is 0 Å². The lowest BCUT2D eigenvalue weighted by Crippen LogP contribution is -2.32. The maximum Gasteiger partial charge on any atom is 0.123 e. The zero-order chi connectivity index (χ0) is 6.15. The van der Waals surface area contributed by atoms with Crippen LogP contribution in [0.25, 0.3) is 0 Å². The minimum atomic E-state index is 0.370. The summed E-state index contributed by atoms with van der Waals surface area (Å²) in [5.41, 5.74) is 2.93. The summed E-state index contributed by atoms with van der Waals surface area (Å²) in [7, 11) is 2.02. The van der Waals surface area contributed by atoms with Gasteiger partial charge in [-0.15, -0.1) is 0 Å². The fourth-order valence-electron chi connectivity index (χ4n) is 0.633. The summed E-state index contributed by atoms with van der Waals surface area (Å²) >= 11 is 0. The van der Waals surface area contributed by atoms with Crippen LogP contribution in [-0.2, 0) is 0 Å². The first-order chi connectivity index (χ1) is 3.72. The molecule has 0 amide bonds. The van der Waals surface area contributed by atoms with Crippen LogP contribution in [0.4, 0.5) is 0 Å². The Morgan fingerprint density at radius 3 is 2.50 bits per heavy atom. The van der Waals surface area contributed by atoms with Gasteiger partial charge in [0.05, 0.1) is 0 Å². The van der Waals surface area contributed by atoms with Crippen LogP contribution >= 0.6 is 0 Å². The summed E-state index contributed by atoms with van der Waals surface area (Å²) in [6.45, 7) is 4.05. The normalized spacial score (nSPS) is 27.6. The van der Waals surface area contributed by atoms with Crippen LogP contribution in [0.1, 0.15) is 13.8 Å². The second kappa shape index (κ2) is 1.65. The highest BCUT2D eigenvalue weighted by molar-refractivity contribution is 5.80. The summed E-state index contributed by atoms with van der Waals surface area (Å²) in [6.07, 6.45) is 0.370. The van der Waals surface area contributed by atoms with Crippen molar-refractivity contribution in [3.05, 3.63) is 0 Å². The number of nitrogens with one attached hydrogen (secondary N) is 1. The topological polar surface area (TPSA) is 27.6 Å². The quantitative estimate of drug-likeness (QED) is 0.486. The Kier molecular flexibility index (Phi) is 1.12. The molecule has 0 spiro atoms. The van der Waals surface area contributed by atoms with Crippen molar-refractivity contribution in [1.29, 1.82) is 0 Å². The molecule has 3 nitrogen and oxygen atoms in total. The maximum absolute atomic E-state index is 3.99. The van der Waals surface area contributed by atoms with Gasteiger partial charge in [-0.2, -0.15) is 5.10 Å². The van der Waals surface area contributed by atoms with Gasteiger partial charge in [0, 0.05) is 7.05 Å². The highest BCUT2D eigenvalue weighted by Crippen LogP contribution is 1.99. The molecule has 1 atom stereocenters. The molecule has 0 bridgehead atoms. The van der Waals surface area contributed by atoms with Gasteiger partial charge in [0.2, 0.25) is 0 Å². The SMILES string of the molecule is CC1=NN[C@H](C)N1C. The average Bonchev–Trinajstić information content (AvgIpc) is 1.98. The molecule has 0 saturated heterocycles. The van der Waals surface area contributed by atoms with Gasteiger partial charge < -0.3 is 4.90 Å². The Balaban J connectivity index is 2.59. The Bertz CT molecular complexity index is 119. The van der Waals surface area contributed by atoms with Crippen molar-refractivity contribution in [1.82, 2.24) is 10.3 Å². The fraction of sp³-hybridized carbons (Fsp3) is 0.800. The van der Waals surface area contributed by atoms with Crippen molar-refractivity contribution < 1.29 is 0 Å². The predicted octanol–water partition coefficient (Wildman–Crippen LogP) is 0.201. The molecule has 0 aromatic rings. The first-order valence-electron chi connectivity index (χ1n) is 2.74. The molecule has 0 radical (unpaired) electrons. The van der Waals surface area contributed by atoms with Crippen LogP contribution < -0.4 is 5.43 Å². The molecule has 8 heavy (non-hydrogen) atoms. The predicted molar refractivity (Wildman–Crippen MR) is 33.5 cm³/mol. The lowest BCUT2D eigenvalue weighted by Gasteiger charge is -2.15. The van der Waals surface area contributed by atoms with E-state index in [4.69, 9.17) is 0 Å². The molecule has 1 aliphatic rings. The smallest absolute Gasteiger partial charge is 0.123 e. The van der Waals surface area contributed by atoms with E-state index in [9.17, 15) is 0 Å². The molecule has 0 unspecified atom stereocenters. The largest absolute Gasteiger partial charge is 0.341 e. The molecule has 1 aliphatic heterocycles. The molecule has 0 fully saturated rings. The van der Waals surface area contributed by atoms with Gasteiger partial charge in [-0.1, -0.05) is 0 Å². The summed E-state index contributed by atoms with van der Waals surface area (Å²) in [4.78, 5) is 2.08. The third-order valence-corrected chi connectivity index (χ3v) is 1.50. The first kappa shape index (κ1) is 5.41. The lowest BCUT2D eigenvalue weighted by atomic mass is 10.5. The number of hydrogen-bond acceptors (Lipinski definition) is 3. The summed E-state index contributed by atoms with van der Waals surface area (Å²) in [5, 5.41) is 3.99. The van der Waals surface area contributed by atoms with Crippen molar-refractivity contribution in [2.24, 2.45) is 5.10 Å². The first-order valence-corrected chi connectivity index (χ1v) is 2.74. The van der Waals surface area contributed by atoms with Gasteiger partial charge in [0.15, 0.2) is 0 Å². The van der Waals surface area contributed by atoms with E-state index in [0.29, 0.717) is 6.17 Å². The van der Waals surface area contributed by atoms with E-state index in [1.165, 1.54) is 0 Å². The van der Waals surface area contributed by atoms with Gasteiger partial charge in [0.1, 0.15) is 12.0 Å². The minimum absolute atomic E-state index is 0.370. The van der Waals surface area contributed by atoms with Crippen molar-refractivity contribution in [3.63, 3.8) is 0 Å². The third-order valence-electron chi connectivity index (χ3n) is 1.50. The van der Waals surface area contributed by atoms with Gasteiger partial charge in [-0.05, 0) is 13.8 Å². The zero-order valence-corrected chi connectivity index (χ0v) is 5.47. The van der Waals surface area contributed by atoms with Crippen LogP contribution in [0.5, 0.6) is 0 Å². The summed E-state index contributed by atoms with van der Waals surface area (Å²) in [5.74, 6) is 1.05. The van der Waals surface area contributed by atoms with Crippen molar-refractivity contribution >= 4 is 5.84 Å². The van der Waals surface area contributed by atoms with E-state index in [2.05, 4.69) is 22.4 Å². The second-order valence-electron chi connectivity index (χ2n) is 2.07. The highest BCUT2D eigenvalue weighted by Gasteiger charge is 2.14. The van der Waals surface area contributed by atoms with Crippen LogP contribution in [-0.4, -0.2) is 23.9 Å². The molecule has 1 heterocycles. The monoisotopic (exact) mass is 113 g/mol. The van der Waals surface area contributed by atoms with Gasteiger partial charge in [0.25, 0.3) is 0 Å². The van der Waals surface area contributed by atoms with E-state index in [-0.39, 0.29) is 0 Å². The molecule has 0 saturated carbocycles. The van der Waals surface area contributed by atoms with Crippen LogP contribution in [0.2, 0.25) is 0 Å². The fourth-order valence-corrected chi connectivity index (χ4v) is 0.633. The van der Waals surface area contributed by atoms with E-state index < -0.39 is 0 Å². The van der Waals surface area contributed by atoms with Gasteiger partial charge in [-0.3, -0.25) is 5.43 Å². The minimum Gasteiger partial charge on any atom is -0.341 e. The van der Waals surface area contributed by atoms with Crippen molar-refractivity contribution in [2.75, 3.05) is 7.05 Å². The Morgan fingerprint density at radius 2 is 2.38 bits per heavy atom. The maximum atomic E-state index is 3.99. The van der Waals surface area contributed by atoms with Crippen molar-refractivity contribution in [2.45, 2.75) is 20.0 Å². The van der Waals surface area contributed by atoms with Crippen LogP contribution in [0.15, 0.2) is 5.10 Å². The lowest BCUT2D eigenvalue weighted by molar-refractivity contribution is 0.375. The Hall–Kier alpha value is -0.730. The molecular weight excluding hydrogens is 102 g/mol. The second-order valence-corrected chi connectivity index (χ2v) is 2.07. The number of amidine groups is 1. The van der Waals surface area contributed by atoms with Gasteiger partial charge >= 0.3 is 0 Å². The molecule has 46 valence electrons. The van der Waals surface area contributed by atoms with E-state index >= 15 is 0 Å². The standard InChI is InChI=1S/C5H11N3/c1-4-6-7-5(2)8(4)3/h4,6H,1-3H3/t4-/m0/s1. The highest BCUT2D eigenvalue weighted by atomic mass is 15.5. The summed E-state index contributed by atoms with van der Waals surface area (Å²) < 4.78 is 0. The average molecular weight is 113 g/mol. The molecule has 0 aliphatic carbocycles. The number of rotatable bonds is 0. The number of hydrogen-bond donors (Lipinski definition) is 1.